The molecule has 1 aliphatic rings. The lowest BCUT2D eigenvalue weighted by Crippen LogP contribution is -2.29. The first-order valence-corrected chi connectivity index (χ1v) is 5.54. The number of rotatable bonds is 4. The number of aliphatic hydroxyl groups is 1. The van der Waals surface area contributed by atoms with Crippen LogP contribution < -0.4 is 4.90 Å². The van der Waals surface area contributed by atoms with Gasteiger partial charge in [0.15, 0.2) is 0 Å². The van der Waals surface area contributed by atoms with E-state index in [-0.39, 0.29) is 6.61 Å². The third-order valence-corrected chi connectivity index (χ3v) is 2.72. The summed E-state index contributed by atoms with van der Waals surface area (Å²) in [7, 11) is 1.95. The molecule has 1 aromatic rings. The molecule has 16 heavy (non-hydrogen) atoms. The molecule has 0 bridgehead atoms. The van der Waals surface area contributed by atoms with Crippen LogP contribution in [-0.2, 0) is 11.3 Å². The highest BCUT2D eigenvalue weighted by Gasteiger charge is 2.18. The molecule has 5 nitrogen and oxygen atoms in total. The predicted molar refractivity (Wildman–Crippen MR) is 60.2 cm³/mol. The van der Waals surface area contributed by atoms with Crippen molar-refractivity contribution in [2.75, 3.05) is 25.1 Å². The first-order valence-electron chi connectivity index (χ1n) is 5.54. The van der Waals surface area contributed by atoms with Crippen LogP contribution in [0.3, 0.4) is 0 Å². The molecule has 0 radical (unpaired) electrons. The van der Waals surface area contributed by atoms with Gasteiger partial charge in [0.1, 0.15) is 0 Å². The van der Waals surface area contributed by atoms with Crippen molar-refractivity contribution in [3.8, 4) is 0 Å². The second-order valence-electron chi connectivity index (χ2n) is 4.06. The Bertz CT molecular complexity index is 323. The van der Waals surface area contributed by atoms with Crippen LogP contribution in [0.15, 0.2) is 12.4 Å². The van der Waals surface area contributed by atoms with Crippen molar-refractivity contribution in [1.82, 2.24) is 9.97 Å². The minimum atomic E-state index is -0.0181. The van der Waals surface area contributed by atoms with Gasteiger partial charge in [-0.25, -0.2) is 9.97 Å². The fourth-order valence-corrected chi connectivity index (χ4v) is 1.80. The van der Waals surface area contributed by atoms with E-state index in [1.807, 2.05) is 11.9 Å². The van der Waals surface area contributed by atoms with Gasteiger partial charge in [0.2, 0.25) is 5.95 Å². The first-order chi connectivity index (χ1) is 7.79. The van der Waals surface area contributed by atoms with E-state index in [2.05, 4.69) is 9.97 Å². The Morgan fingerprint density at radius 1 is 1.50 bits per heavy atom. The van der Waals surface area contributed by atoms with E-state index in [1.54, 1.807) is 12.4 Å². The molecular weight excluding hydrogens is 206 g/mol. The number of aliphatic hydroxyl groups excluding tert-OH is 1. The molecule has 1 fully saturated rings. The van der Waals surface area contributed by atoms with Crippen molar-refractivity contribution < 1.29 is 9.84 Å². The molecule has 2 heterocycles. The summed E-state index contributed by atoms with van der Waals surface area (Å²) >= 11 is 0. The minimum Gasteiger partial charge on any atom is -0.392 e. The van der Waals surface area contributed by atoms with Crippen molar-refractivity contribution in [2.45, 2.75) is 25.6 Å². The molecule has 0 spiro atoms. The van der Waals surface area contributed by atoms with Crippen LogP contribution in [0.1, 0.15) is 18.4 Å². The van der Waals surface area contributed by atoms with Crippen LogP contribution in [-0.4, -0.2) is 41.4 Å². The average molecular weight is 223 g/mol. The van der Waals surface area contributed by atoms with Crippen LogP contribution >= 0.6 is 0 Å². The lowest BCUT2D eigenvalue weighted by Gasteiger charge is -2.20. The summed E-state index contributed by atoms with van der Waals surface area (Å²) < 4.78 is 5.55. The lowest BCUT2D eigenvalue weighted by molar-refractivity contribution is 0.116. The molecule has 0 saturated carbocycles. The number of aromatic nitrogens is 2. The van der Waals surface area contributed by atoms with Crippen LogP contribution in [0.25, 0.3) is 0 Å². The topological polar surface area (TPSA) is 58.5 Å². The molecule has 1 saturated heterocycles. The Labute approximate surface area is 95.1 Å². The lowest BCUT2D eigenvalue weighted by atomic mass is 10.2. The van der Waals surface area contributed by atoms with Gasteiger partial charge in [0.05, 0.1) is 12.7 Å². The number of hydrogen-bond donors (Lipinski definition) is 1. The average Bonchev–Trinajstić information content (AvgIpc) is 2.82. The highest BCUT2D eigenvalue weighted by atomic mass is 16.5. The number of hydrogen-bond acceptors (Lipinski definition) is 5. The SMILES string of the molecule is CN(CC1CCCO1)c1ncc(CO)cn1. The Hall–Kier alpha value is -1.20. The molecule has 1 aromatic heterocycles. The molecule has 5 heteroatoms. The summed E-state index contributed by atoms with van der Waals surface area (Å²) in [6.07, 6.45) is 5.84. The molecule has 1 aliphatic heterocycles. The maximum absolute atomic E-state index is 8.88. The summed E-state index contributed by atoms with van der Waals surface area (Å²) in [5.74, 6) is 0.674. The van der Waals surface area contributed by atoms with E-state index < -0.39 is 0 Å². The van der Waals surface area contributed by atoms with Gasteiger partial charge in [0, 0.05) is 38.2 Å². The third-order valence-electron chi connectivity index (χ3n) is 2.72. The summed E-state index contributed by atoms with van der Waals surface area (Å²) in [6, 6.07) is 0. The highest BCUT2D eigenvalue weighted by molar-refractivity contribution is 5.28. The monoisotopic (exact) mass is 223 g/mol. The first kappa shape index (κ1) is 11.3. The normalized spacial score (nSPS) is 20.0. The summed E-state index contributed by atoms with van der Waals surface area (Å²) in [6.45, 7) is 1.66. The van der Waals surface area contributed by atoms with Crippen LogP contribution in [0.4, 0.5) is 5.95 Å². The van der Waals surface area contributed by atoms with Gasteiger partial charge in [-0.2, -0.15) is 0 Å². The molecule has 0 aromatic carbocycles. The van der Waals surface area contributed by atoms with E-state index in [4.69, 9.17) is 9.84 Å². The van der Waals surface area contributed by atoms with Gasteiger partial charge in [0.25, 0.3) is 0 Å². The van der Waals surface area contributed by atoms with E-state index >= 15 is 0 Å². The Balaban J connectivity index is 1.94. The standard InChI is InChI=1S/C11H17N3O2/c1-14(7-10-3-2-4-16-10)11-12-5-9(8-15)6-13-11/h5-6,10,15H,2-4,7-8H2,1H3. The van der Waals surface area contributed by atoms with Crippen molar-refractivity contribution in [3.63, 3.8) is 0 Å². The highest BCUT2D eigenvalue weighted by Crippen LogP contribution is 2.14. The smallest absolute Gasteiger partial charge is 0.225 e. The molecule has 0 amide bonds. The largest absolute Gasteiger partial charge is 0.392 e. The van der Waals surface area contributed by atoms with Gasteiger partial charge in [-0.05, 0) is 12.8 Å². The van der Waals surface area contributed by atoms with Crippen molar-refractivity contribution in [3.05, 3.63) is 18.0 Å². The van der Waals surface area contributed by atoms with E-state index in [1.165, 1.54) is 0 Å². The zero-order valence-electron chi connectivity index (χ0n) is 9.46. The van der Waals surface area contributed by atoms with Crippen molar-refractivity contribution >= 4 is 5.95 Å². The number of likely N-dealkylation sites (N-methyl/N-ethyl adjacent to an activating group) is 1. The Morgan fingerprint density at radius 3 is 2.81 bits per heavy atom. The molecule has 88 valence electrons. The van der Waals surface area contributed by atoms with Gasteiger partial charge in [-0.15, -0.1) is 0 Å². The predicted octanol–water partition coefficient (Wildman–Crippen LogP) is 0.584. The van der Waals surface area contributed by atoms with E-state index in [0.29, 0.717) is 12.1 Å². The van der Waals surface area contributed by atoms with Crippen LogP contribution in [0.2, 0.25) is 0 Å². The van der Waals surface area contributed by atoms with Crippen LogP contribution in [0.5, 0.6) is 0 Å². The zero-order chi connectivity index (χ0) is 11.4. The summed E-state index contributed by atoms with van der Waals surface area (Å²) in [5.41, 5.74) is 0.731. The van der Waals surface area contributed by atoms with Gasteiger partial charge in [-0.1, -0.05) is 0 Å². The summed E-state index contributed by atoms with van der Waals surface area (Å²) in [5, 5.41) is 8.88. The van der Waals surface area contributed by atoms with Crippen LogP contribution in [0, 0.1) is 0 Å². The van der Waals surface area contributed by atoms with Crippen molar-refractivity contribution in [2.24, 2.45) is 0 Å². The van der Waals surface area contributed by atoms with Gasteiger partial charge < -0.3 is 14.7 Å². The summed E-state index contributed by atoms with van der Waals surface area (Å²) in [4.78, 5) is 10.4. The maximum atomic E-state index is 8.88. The second kappa shape index (κ2) is 5.23. The van der Waals surface area contributed by atoms with E-state index in [9.17, 15) is 0 Å². The molecule has 1 atom stereocenters. The van der Waals surface area contributed by atoms with E-state index in [0.717, 1.165) is 31.6 Å². The number of ether oxygens (including phenoxy) is 1. The molecule has 1 N–H and O–H groups in total. The quantitative estimate of drug-likeness (QED) is 0.809. The number of nitrogens with zero attached hydrogens (tertiary/aromatic N) is 3. The molecule has 2 rings (SSSR count). The van der Waals surface area contributed by atoms with Gasteiger partial charge in [-0.3, -0.25) is 0 Å². The maximum Gasteiger partial charge on any atom is 0.225 e. The fourth-order valence-electron chi connectivity index (χ4n) is 1.80. The number of anilines is 1. The minimum absolute atomic E-state index is 0.0181. The molecule has 1 unspecified atom stereocenters. The molecular formula is C11H17N3O2. The Morgan fingerprint density at radius 2 is 2.25 bits per heavy atom. The van der Waals surface area contributed by atoms with Gasteiger partial charge >= 0.3 is 0 Å². The third kappa shape index (κ3) is 2.68. The fraction of sp³-hybridized carbons (Fsp3) is 0.636. The second-order valence-corrected chi connectivity index (χ2v) is 4.06. The molecule has 0 aliphatic carbocycles. The Kier molecular flexibility index (Phi) is 3.69. The van der Waals surface area contributed by atoms with Crippen molar-refractivity contribution in [1.29, 1.82) is 0 Å². The zero-order valence-corrected chi connectivity index (χ0v) is 9.46.